The maximum absolute atomic E-state index is 13.1. The monoisotopic (exact) mass is 453 g/mol. The summed E-state index contributed by atoms with van der Waals surface area (Å²) in [6, 6.07) is 20.6. The van der Waals surface area contributed by atoms with Gasteiger partial charge in [-0.05, 0) is 59.6 Å². The average molecular weight is 454 g/mol. The van der Waals surface area contributed by atoms with Gasteiger partial charge in [0.1, 0.15) is 11.7 Å². The lowest BCUT2D eigenvalue weighted by atomic mass is 9.96. The van der Waals surface area contributed by atoms with Crippen molar-refractivity contribution in [2.24, 2.45) is 0 Å². The van der Waals surface area contributed by atoms with E-state index in [1.54, 1.807) is 0 Å². The van der Waals surface area contributed by atoms with E-state index in [1.165, 1.54) is 11.1 Å². The van der Waals surface area contributed by atoms with Gasteiger partial charge in [0.2, 0.25) is 0 Å². The average Bonchev–Trinajstić information content (AvgIpc) is 3.02. The van der Waals surface area contributed by atoms with Crippen molar-refractivity contribution < 1.29 is 19.0 Å². The normalized spacial score (nSPS) is 22.2. The predicted octanol–water partition coefficient (Wildman–Crippen LogP) is 5.89. The molecule has 0 unspecified atom stereocenters. The Morgan fingerprint density at radius 3 is 2.12 bits per heavy atom. The molecule has 0 bridgehead atoms. The molecule has 1 fully saturated rings. The van der Waals surface area contributed by atoms with Crippen LogP contribution < -0.4 is 0 Å². The highest BCUT2D eigenvalue weighted by atomic mass is 16.8. The molecule has 180 valence electrons. The number of ether oxygens (including phenoxy) is 3. The van der Waals surface area contributed by atoms with E-state index < -0.39 is 11.4 Å². The highest BCUT2D eigenvalue weighted by molar-refractivity contribution is 5.70. The molecule has 1 aliphatic heterocycles. The Balaban J connectivity index is 2.00. The SMILES string of the molecule is C[C@@H]1OC(C)(C)O[C@@H]1[C@@H](CC(=O)OC(C)(C)C)N(Cc1ccccc1)[C@@H](C)c1ccccc1. The van der Waals surface area contributed by atoms with Crippen molar-refractivity contribution in [3.63, 3.8) is 0 Å². The van der Waals surface area contributed by atoms with Crippen molar-refractivity contribution in [3.8, 4) is 0 Å². The molecule has 0 saturated carbocycles. The number of hydrogen-bond acceptors (Lipinski definition) is 5. The summed E-state index contributed by atoms with van der Waals surface area (Å²) in [6.07, 6.45) is -0.216. The Morgan fingerprint density at radius 1 is 1.03 bits per heavy atom. The summed E-state index contributed by atoms with van der Waals surface area (Å²) in [7, 11) is 0. The third-order valence-corrected chi connectivity index (χ3v) is 5.94. The van der Waals surface area contributed by atoms with E-state index in [-0.39, 0.29) is 36.7 Å². The van der Waals surface area contributed by atoms with Crippen molar-refractivity contribution in [1.82, 2.24) is 4.90 Å². The van der Waals surface area contributed by atoms with Gasteiger partial charge in [-0.2, -0.15) is 0 Å². The fourth-order valence-electron chi connectivity index (χ4n) is 4.59. The minimum atomic E-state index is -0.704. The van der Waals surface area contributed by atoms with E-state index in [9.17, 15) is 4.79 Å². The molecule has 0 radical (unpaired) electrons. The molecular weight excluding hydrogens is 414 g/mol. The van der Waals surface area contributed by atoms with E-state index >= 15 is 0 Å². The zero-order valence-corrected chi connectivity index (χ0v) is 21.1. The summed E-state index contributed by atoms with van der Waals surface area (Å²) in [5, 5.41) is 0. The van der Waals surface area contributed by atoms with Crippen LogP contribution in [-0.2, 0) is 25.5 Å². The van der Waals surface area contributed by atoms with Gasteiger partial charge in [0.25, 0.3) is 0 Å². The van der Waals surface area contributed by atoms with Crippen molar-refractivity contribution in [2.75, 3.05) is 0 Å². The Hall–Kier alpha value is -2.21. The molecule has 3 rings (SSSR count). The number of nitrogens with zero attached hydrogens (tertiary/aromatic N) is 1. The highest BCUT2D eigenvalue weighted by Crippen LogP contribution is 2.36. The van der Waals surface area contributed by atoms with Gasteiger partial charge in [-0.15, -0.1) is 0 Å². The van der Waals surface area contributed by atoms with Gasteiger partial charge >= 0.3 is 5.97 Å². The van der Waals surface area contributed by atoms with E-state index in [1.807, 2.05) is 65.8 Å². The first kappa shape index (κ1) is 25.4. The van der Waals surface area contributed by atoms with Gasteiger partial charge < -0.3 is 14.2 Å². The standard InChI is InChI=1S/C28H39NO4/c1-20(23-16-12-9-13-17-23)29(19-22-14-10-8-11-15-22)24(18-25(30)32-27(3,4)5)26-21(2)31-28(6,7)33-26/h8-17,20-21,24,26H,18-19H2,1-7H3/t20-,21-,24+,26-/m0/s1. The molecule has 33 heavy (non-hydrogen) atoms. The second-order valence-electron chi connectivity index (χ2n) is 10.4. The molecule has 4 atom stereocenters. The van der Waals surface area contributed by atoms with Crippen LogP contribution in [0.15, 0.2) is 60.7 Å². The molecule has 0 amide bonds. The number of carbonyl (C=O) groups is 1. The number of carbonyl (C=O) groups excluding carboxylic acids is 1. The first-order valence-electron chi connectivity index (χ1n) is 11.9. The first-order chi connectivity index (χ1) is 15.5. The maximum atomic E-state index is 13.1. The summed E-state index contributed by atoms with van der Waals surface area (Å²) in [5.41, 5.74) is 1.82. The molecule has 1 aliphatic rings. The molecule has 1 saturated heterocycles. The Bertz CT molecular complexity index is 891. The third-order valence-electron chi connectivity index (χ3n) is 5.94. The van der Waals surface area contributed by atoms with Crippen molar-refractivity contribution >= 4 is 5.97 Å². The Morgan fingerprint density at radius 2 is 1.61 bits per heavy atom. The van der Waals surface area contributed by atoms with Crippen LogP contribution in [-0.4, -0.2) is 40.5 Å². The molecule has 0 aromatic heterocycles. The summed E-state index contributed by atoms with van der Waals surface area (Å²) >= 11 is 0. The van der Waals surface area contributed by atoms with Gasteiger partial charge in [0, 0.05) is 18.6 Å². The fourth-order valence-corrected chi connectivity index (χ4v) is 4.59. The van der Waals surface area contributed by atoms with Crippen LogP contribution in [0.25, 0.3) is 0 Å². The molecule has 5 nitrogen and oxygen atoms in total. The summed E-state index contributed by atoms with van der Waals surface area (Å²) in [5.74, 6) is -0.934. The molecule has 0 spiro atoms. The second-order valence-corrected chi connectivity index (χ2v) is 10.4. The summed E-state index contributed by atoms with van der Waals surface area (Å²) < 4.78 is 18.2. The minimum absolute atomic E-state index is 0.0540. The van der Waals surface area contributed by atoms with Crippen LogP contribution in [0.2, 0.25) is 0 Å². The summed E-state index contributed by atoms with van der Waals surface area (Å²) in [6.45, 7) is 14.4. The van der Waals surface area contributed by atoms with Crippen molar-refractivity contribution in [1.29, 1.82) is 0 Å². The number of rotatable bonds is 8. The minimum Gasteiger partial charge on any atom is -0.460 e. The maximum Gasteiger partial charge on any atom is 0.308 e. The van der Waals surface area contributed by atoms with Gasteiger partial charge in [-0.1, -0.05) is 60.7 Å². The van der Waals surface area contributed by atoms with Gasteiger partial charge in [-0.3, -0.25) is 9.69 Å². The van der Waals surface area contributed by atoms with Crippen molar-refractivity contribution in [2.45, 2.75) is 97.1 Å². The van der Waals surface area contributed by atoms with Crippen LogP contribution in [0, 0.1) is 0 Å². The quantitative estimate of drug-likeness (QED) is 0.467. The smallest absolute Gasteiger partial charge is 0.308 e. The molecule has 5 heteroatoms. The van der Waals surface area contributed by atoms with E-state index in [4.69, 9.17) is 14.2 Å². The van der Waals surface area contributed by atoms with Gasteiger partial charge in [0.15, 0.2) is 5.79 Å². The topological polar surface area (TPSA) is 48.0 Å². The second kappa shape index (κ2) is 10.4. The van der Waals surface area contributed by atoms with Gasteiger partial charge in [-0.25, -0.2) is 0 Å². The largest absolute Gasteiger partial charge is 0.460 e. The van der Waals surface area contributed by atoms with Crippen LogP contribution in [0.4, 0.5) is 0 Å². The van der Waals surface area contributed by atoms with E-state index in [0.717, 1.165) is 0 Å². The van der Waals surface area contributed by atoms with Crippen LogP contribution >= 0.6 is 0 Å². The Labute approximate surface area is 199 Å². The van der Waals surface area contributed by atoms with E-state index in [2.05, 4.69) is 48.2 Å². The highest BCUT2D eigenvalue weighted by Gasteiger charge is 2.46. The first-order valence-corrected chi connectivity index (χ1v) is 11.9. The predicted molar refractivity (Wildman–Crippen MR) is 131 cm³/mol. The molecule has 2 aromatic rings. The Kier molecular flexibility index (Phi) is 7.99. The third kappa shape index (κ3) is 7.13. The number of benzene rings is 2. The molecule has 0 N–H and O–H groups in total. The van der Waals surface area contributed by atoms with Crippen LogP contribution in [0.3, 0.4) is 0 Å². The van der Waals surface area contributed by atoms with Crippen LogP contribution in [0.5, 0.6) is 0 Å². The fraction of sp³-hybridized carbons (Fsp3) is 0.536. The van der Waals surface area contributed by atoms with Gasteiger partial charge in [0.05, 0.1) is 12.5 Å². The molecular formula is C28H39NO4. The van der Waals surface area contributed by atoms with Crippen LogP contribution in [0.1, 0.15) is 72.1 Å². The molecule has 1 heterocycles. The zero-order valence-electron chi connectivity index (χ0n) is 21.1. The zero-order chi connectivity index (χ0) is 24.2. The molecule has 2 aromatic carbocycles. The van der Waals surface area contributed by atoms with Crippen molar-refractivity contribution in [3.05, 3.63) is 71.8 Å². The number of hydrogen-bond donors (Lipinski definition) is 0. The number of esters is 1. The lowest BCUT2D eigenvalue weighted by Crippen LogP contribution is -2.49. The lowest BCUT2D eigenvalue weighted by Gasteiger charge is -2.40. The molecule has 0 aliphatic carbocycles. The lowest BCUT2D eigenvalue weighted by molar-refractivity contribution is -0.165. The van der Waals surface area contributed by atoms with E-state index in [0.29, 0.717) is 6.54 Å². The summed E-state index contributed by atoms with van der Waals surface area (Å²) in [4.78, 5) is 15.4.